The Bertz CT molecular complexity index is 985. The molecule has 10 heteroatoms. The summed E-state index contributed by atoms with van der Waals surface area (Å²) in [4.78, 5) is 14.5. The molecule has 4 rings (SSSR count). The van der Waals surface area contributed by atoms with E-state index >= 15 is 0 Å². The Morgan fingerprint density at radius 2 is 1.91 bits per heavy atom. The van der Waals surface area contributed by atoms with Gasteiger partial charge in [0.2, 0.25) is 0 Å². The Balaban J connectivity index is 1.50. The third-order valence-electron chi connectivity index (χ3n) is 6.83. The van der Waals surface area contributed by atoms with E-state index in [4.69, 9.17) is 11.5 Å². The zero-order valence-corrected chi connectivity index (χ0v) is 18.2. The number of amides is 1. The van der Waals surface area contributed by atoms with Gasteiger partial charge in [0.15, 0.2) is 5.82 Å². The molecule has 2 aliphatic rings. The first kappa shape index (κ1) is 22.6. The minimum Gasteiger partial charge on any atom is -0.365 e. The highest BCUT2D eigenvalue weighted by molar-refractivity contribution is 5.98. The number of carbonyl (C=O) groups is 1. The van der Waals surface area contributed by atoms with Gasteiger partial charge in [0.1, 0.15) is 5.56 Å². The molecule has 3 atom stereocenters. The number of hydrogen-bond donors (Lipinski definition) is 3. The van der Waals surface area contributed by atoms with Gasteiger partial charge in [0.25, 0.3) is 5.91 Å². The second kappa shape index (κ2) is 8.08. The number of alkyl halides is 3. The van der Waals surface area contributed by atoms with Crippen molar-refractivity contribution >= 4 is 17.4 Å². The maximum atomic E-state index is 12.8. The lowest BCUT2D eigenvalue weighted by molar-refractivity contribution is -0.137. The SMILES string of the molecule is CC1(C)CCN1[C@@H]1CC[C@H](n2cc(C(N)=O)c(Nc3ccc(C(F)(F)F)cc3)n2)[C@@H](N)C1. The van der Waals surface area contributed by atoms with E-state index in [9.17, 15) is 18.0 Å². The Morgan fingerprint density at radius 1 is 1.22 bits per heavy atom. The van der Waals surface area contributed by atoms with Crippen LogP contribution in [-0.4, -0.2) is 44.8 Å². The zero-order valence-electron chi connectivity index (χ0n) is 18.2. The average molecular weight is 451 g/mol. The van der Waals surface area contributed by atoms with Crippen LogP contribution in [0, 0.1) is 0 Å². The van der Waals surface area contributed by atoms with Crippen LogP contribution >= 0.6 is 0 Å². The van der Waals surface area contributed by atoms with Crippen LogP contribution in [-0.2, 0) is 6.18 Å². The minimum absolute atomic E-state index is 0.0862. The Kier molecular flexibility index (Phi) is 5.70. The summed E-state index contributed by atoms with van der Waals surface area (Å²) in [6, 6.07) is 4.73. The molecule has 7 nitrogen and oxygen atoms in total. The molecule has 1 amide bonds. The number of benzene rings is 1. The topological polar surface area (TPSA) is 102 Å². The lowest BCUT2D eigenvalue weighted by Crippen LogP contribution is -2.62. The molecule has 174 valence electrons. The number of hydrogen-bond acceptors (Lipinski definition) is 5. The van der Waals surface area contributed by atoms with Gasteiger partial charge in [-0.2, -0.15) is 18.3 Å². The number of anilines is 2. The fourth-order valence-corrected chi connectivity index (χ4v) is 4.86. The Hall–Kier alpha value is -2.59. The molecule has 0 radical (unpaired) electrons. The van der Waals surface area contributed by atoms with Crippen LogP contribution in [0.15, 0.2) is 30.5 Å². The molecule has 1 aliphatic heterocycles. The van der Waals surface area contributed by atoms with Crippen molar-refractivity contribution < 1.29 is 18.0 Å². The maximum Gasteiger partial charge on any atom is 0.416 e. The molecule has 1 aliphatic carbocycles. The van der Waals surface area contributed by atoms with E-state index < -0.39 is 17.6 Å². The highest BCUT2D eigenvalue weighted by Crippen LogP contribution is 2.39. The first-order valence-corrected chi connectivity index (χ1v) is 10.8. The van der Waals surface area contributed by atoms with E-state index in [2.05, 4.69) is 29.2 Å². The van der Waals surface area contributed by atoms with Crippen LogP contribution in [0.5, 0.6) is 0 Å². The number of primary amides is 1. The lowest BCUT2D eigenvalue weighted by atomic mass is 9.80. The quantitative estimate of drug-likeness (QED) is 0.645. The van der Waals surface area contributed by atoms with Gasteiger partial charge in [-0.05, 0) is 63.8 Å². The fourth-order valence-electron chi connectivity index (χ4n) is 4.86. The average Bonchev–Trinajstić information content (AvgIpc) is 3.11. The number of aromatic nitrogens is 2. The molecule has 0 bridgehead atoms. The van der Waals surface area contributed by atoms with E-state index in [1.54, 1.807) is 10.9 Å². The summed E-state index contributed by atoms with van der Waals surface area (Å²) in [5.74, 6) is -0.467. The van der Waals surface area contributed by atoms with Gasteiger partial charge in [0, 0.05) is 36.1 Å². The van der Waals surface area contributed by atoms with Crippen molar-refractivity contribution in [1.82, 2.24) is 14.7 Å². The van der Waals surface area contributed by atoms with E-state index in [-0.39, 0.29) is 29.0 Å². The summed E-state index contributed by atoms with van der Waals surface area (Å²) in [6.45, 7) is 5.59. The molecular formula is C22H29F3N6O. The van der Waals surface area contributed by atoms with Crippen molar-refractivity contribution in [3.05, 3.63) is 41.6 Å². The van der Waals surface area contributed by atoms with E-state index in [1.165, 1.54) is 18.6 Å². The normalized spacial score (nSPS) is 25.9. The van der Waals surface area contributed by atoms with Crippen molar-refractivity contribution in [2.24, 2.45) is 11.5 Å². The summed E-state index contributed by atoms with van der Waals surface area (Å²) in [5, 5.41) is 7.41. The van der Waals surface area contributed by atoms with Crippen LogP contribution < -0.4 is 16.8 Å². The molecule has 1 aromatic carbocycles. The van der Waals surface area contributed by atoms with Gasteiger partial charge in [-0.1, -0.05) is 0 Å². The van der Waals surface area contributed by atoms with E-state index in [0.29, 0.717) is 11.7 Å². The van der Waals surface area contributed by atoms with Crippen LogP contribution in [0.1, 0.15) is 61.5 Å². The van der Waals surface area contributed by atoms with Crippen LogP contribution in [0.3, 0.4) is 0 Å². The summed E-state index contributed by atoms with van der Waals surface area (Å²) in [7, 11) is 0. The molecule has 0 spiro atoms. The standard InChI is InChI=1S/C22H29F3N6O/c1-21(2)9-10-30(21)15-7-8-18(17(26)11-15)31-12-16(19(27)32)20(29-31)28-14-5-3-13(4-6-14)22(23,24)25/h3-6,12,15,17-18H,7-11,26H2,1-2H3,(H2,27,32)(H,28,29)/t15-,17+,18+/m1/s1. The van der Waals surface area contributed by atoms with Gasteiger partial charge >= 0.3 is 6.18 Å². The Labute approximate surface area is 184 Å². The number of nitrogens with two attached hydrogens (primary N) is 2. The smallest absolute Gasteiger partial charge is 0.365 e. The van der Waals surface area contributed by atoms with Gasteiger partial charge < -0.3 is 16.8 Å². The number of rotatable bonds is 5. The lowest BCUT2D eigenvalue weighted by Gasteiger charge is -2.55. The summed E-state index contributed by atoms with van der Waals surface area (Å²) in [5.41, 5.74) is 12.0. The first-order valence-electron chi connectivity index (χ1n) is 10.8. The maximum absolute atomic E-state index is 12.8. The molecule has 32 heavy (non-hydrogen) atoms. The van der Waals surface area contributed by atoms with Crippen molar-refractivity contribution in [1.29, 1.82) is 0 Å². The molecule has 2 heterocycles. The molecule has 0 unspecified atom stereocenters. The van der Waals surface area contributed by atoms with Gasteiger partial charge in [-0.3, -0.25) is 14.4 Å². The van der Waals surface area contributed by atoms with Crippen LogP contribution in [0.25, 0.3) is 0 Å². The third-order valence-corrected chi connectivity index (χ3v) is 6.83. The summed E-state index contributed by atoms with van der Waals surface area (Å²) in [6.07, 6.45) is 0.975. The molecule has 2 aromatic rings. The van der Waals surface area contributed by atoms with E-state index in [0.717, 1.165) is 37.9 Å². The number of nitrogens with zero attached hydrogens (tertiary/aromatic N) is 3. The fraction of sp³-hybridized carbons (Fsp3) is 0.545. The first-order chi connectivity index (χ1) is 15.0. The predicted molar refractivity (Wildman–Crippen MR) is 116 cm³/mol. The summed E-state index contributed by atoms with van der Waals surface area (Å²) >= 11 is 0. The van der Waals surface area contributed by atoms with Gasteiger partial charge in [-0.25, -0.2) is 0 Å². The summed E-state index contributed by atoms with van der Waals surface area (Å²) < 4.78 is 40.1. The zero-order chi connectivity index (χ0) is 23.3. The molecule has 1 saturated carbocycles. The number of nitrogens with one attached hydrogen (secondary N) is 1. The number of likely N-dealkylation sites (tertiary alicyclic amines) is 1. The Morgan fingerprint density at radius 3 is 2.41 bits per heavy atom. The van der Waals surface area contributed by atoms with Crippen molar-refractivity contribution in [3.63, 3.8) is 0 Å². The second-order valence-corrected chi connectivity index (χ2v) is 9.39. The van der Waals surface area contributed by atoms with E-state index in [1.807, 2.05) is 0 Å². The van der Waals surface area contributed by atoms with Crippen LogP contribution in [0.2, 0.25) is 0 Å². The van der Waals surface area contributed by atoms with Crippen molar-refractivity contribution in [3.8, 4) is 0 Å². The number of halogens is 3. The third kappa shape index (κ3) is 4.33. The van der Waals surface area contributed by atoms with Crippen molar-refractivity contribution in [2.45, 2.75) is 69.4 Å². The predicted octanol–water partition coefficient (Wildman–Crippen LogP) is 3.65. The molecular weight excluding hydrogens is 421 g/mol. The van der Waals surface area contributed by atoms with Gasteiger partial charge in [0.05, 0.1) is 11.6 Å². The molecule has 5 N–H and O–H groups in total. The molecule has 2 fully saturated rings. The highest BCUT2D eigenvalue weighted by Gasteiger charge is 2.43. The second-order valence-electron chi connectivity index (χ2n) is 9.39. The minimum atomic E-state index is -4.42. The number of carbonyl (C=O) groups excluding carboxylic acids is 1. The monoisotopic (exact) mass is 450 g/mol. The molecule has 1 aromatic heterocycles. The van der Waals surface area contributed by atoms with Crippen molar-refractivity contribution in [2.75, 3.05) is 11.9 Å². The molecule has 1 saturated heterocycles. The van der Waals surface area contributed by atoms with Crippen LogP contribution in [0.4, 0.5) is 24.7 Å². The highest BCUT2D eigenvalue weighted by atomic mass is 19.4. The largest absolute Gasteiger partial charge is 0.416 e. The van der Waals surface area contributed by atoms with Gasteiger partial charge in [-0.15, -0.1) is 0 Å².